The van der Waals surface area contributed by atoms with Crippen molar-refractivity contribution in [2.75, 3.05) is 13.1 Å². The predicted molar refractivity (Wildman–Crippen MR) is 106 cm³/mol. The van der Waals surface area contributed by atoms with E-state index in [0.29, 0.717) is 5.92 Å². The van der Waals surface area contributed by atoms with Crippen molar-refractivity contribution >= 4 is 21.8 Å². The summed E-state index contributed by atoms with van der Waals surface area (Å²) in [5.41, 5.74) is 5.91. The summed E-state index contributed by atoms with van der Waals surface area (Å²) in [7, 11) is 0. The normalized spacial score (nSPS) is 21.5. The van der Waals surface area contributed by atoms with Gasteiger partial charge in [0.1, 0.15) is 5.82 Å². The molecule has 0 spiro atoms. The first-order valence-electron chi connectivity index (χ1n) is 9.68. The molecule has 3 aliphatic heterocycles. The zero-order valence-electron chi connectivity index (χ0n) is 15.0. The van der Waals surface area contributed by atoms with Gasteiger partial charge in [0.25, 0.3) is 0 Å². The van der Waals surface area contributed by atoms with Crippen LogP contribution < -0.4 is 0 Å². The third kappa shape index (κ3) is 2.26. The number of benzene rings is 2. The zero-order valence-corrected chi connectivity index (χ0v) is 15.0. The largest absolute Gasteiger partial charge is 0.313 e. The van der Waals surface area contributed by atoms with Crippen LogP contribution in [0.25, 0.3) is 27.5 Å². The maximum atomic E-state index is 14.1. The summed E-state index contributed by atoms with van der Waals surface area (Å²) in [6, 6.07) is 15.8. The van der Waals surface area contributed by atoms with Crippen molar-refractivity contribution in [2.45, 2.75) is 25.3 Å². The predicted octanol–water partition coefficient (Wildman–Crippen LogP) is 5.01. The molecule has 7 rings (SSSR count). The molecular weight excluding hydrogens is 337 g/mol. The highest BCUT2D eigenvalue weighted by Crippen LogP contribution is 2.42. The average molecular weight is 357 g/mol. The summed E-state index contributed by atoms with van der Waals surface area (Å²) in [5.74, 6) is 0.378. The molecule has 0 amide bonds. The van der Waals surface area contributed by atoms with Crippen LogP contribution in [0.2, 0.25) is 0 Å². The highest BCUT2D eigenvalue weighted by molar-refractivity contribution is 5.89. The second kappa shape index (κ2) is 5.64. The van der Waals surface area contributed by atoms with Crippen molar-refractivity contribution < 1.29 is 4.39 Å². The molecule has 3 nitrogen and oxygen atoms in total. The van der Waals surface area contributed by atoms with E-state index in [9.17, 15) is 4.39 Å². The van der Waals surface area contributed by atoms with Crippen LogP contribution in [0.1, 0.15) is 30.0 Å². The Hall–Kier alpha value is -2.72. The number of fused-ring (bicyclic) bond motifs is 4. The van der Waals surface area contributed by atoms with E-state index in [1.54, 1.807) is 12.1 Å². The van der Waals surface area contributed by atoms with E-state index in [-0.39, 0.29) is 5.82 Å². The van der Waals surface area contributed by atoms with Gasteiger partial charge in [-0.1, -0.05) is 12.1 Å². The SMILES string of the molecule is Fc1ccc2c(c1)c1c(n2-c2ccc3cccnc3c2)C2CCN(CC2)C1. The lowest BCUT2D eigenvalue weighted by Gasteiger charge is -2.27. The van der Waals surface area contributed by atoms with Crippen molar-refractivity contribution in [1.82, 2.24) is 14.5 Å². The van der Waals surface area contributed by atoms with Crippen LogP contribution in [0.15, 0.2) is 54.7 Å². The van der Waals surface area contributed by atoms with Crippen molar-refractivity contribution in [3.05, 3.63) is 71.8 Å². The molecule has 27 heavy (non-hydrogen) atoms. The van der Waals surface area contributed by atoms with E-state index in [4.69, 9.17) is 0 Å². The molecule has 0 atom stereocenters. The minimum Gasteiger partial charge on any atom is -0.313 e. The van der Waals surface area contributed by atoms with Crippen molar-refractivity contribution in [3.8, 4) is 5.69 Å². The van der Waals surface area contributed by atoms with E-state index in [0.717, 1.165) is 47.1 Å². The first-order valence-corrected chi connectivity index (χ1v) is 9.68. The molecule has 2 aromatic carbocycles. The van der Waals surface area contributed by atoms with Gasteiger partial charge in [0.15, 0.2) is 0 Å². The standard InChI is InChI=1S/C23H20FN3/c24-17-4-6-22-19(12-17)20-14-26-10-7-16(8-11-26)23(20)27(22)18-5-3-15-2-1-9-25-21(15)13-18/h1-6,9,12-13,16H,7-8,10-11,14H2. The molecule has 4 heteroatoms. The van der Waals surface area contributed by atoms with E-state index < -0.39 is 0 Å². The van der Waals surface area contributed by atoms with Crippen molar-refractivity contribution in [2.24, 2.45) is 0 Å². The van der Waals surface area contributed by atoms with Crippen LogP contribution in [-0.4, -0.2) is 27.5 Å². The summed E-state index contributed by atoms with van der Waals surface area (Å²) in [4.78, 5) is 7.06. The lowest BCUT2D eigenvalue weighted by atomic mass is 9.94. The number of hydrogen-bond acceptors (Lipinski definition) is 2. The Labute approximate surface area is 157 Å². The Morgan fingerprint density at radius 2 is 1.89 bits per heavy atom. The van der Waals surface area contributed by atoms with E-state index in [1.165, 1.54) is 24.1 Å². The number of rotatable bonds is 1. The maximum absolute atomic E-state index is 14.1. The minimum absolute atomic E-state index is 0.158. The lowest BCUT2D eigenvalue weighted by molar-refractivity contribution is 0.220. The van der Waals surface area contributed by atoms with Gasteiger partial charge < -0.3 is 4.57 Å². The third-order valence-corrected chi connectivity index (χ3v) is 6.28. The fourth-order valence-electron chi connectivity index (χ4n) is 5.00. The number of halogens is 1. The second-order valence-electron chi connectivity index (χ2n) is 7.79. The lowest BCUT2D eigenvalue weighted by Crippen LogP contribution is -2.29. The molecule has 4 aromatic rings. The highest BCUT2D eigenvalue weighted by atomic mass is 19.1. The van der Waals surface area contributed by atoms with Gasteiger partial charge in [0.05, 0.1) is 11.0 Å². The first kappa shape index (κ1) is 15.3. The summed E-state index contributed by atoms with van der Waals surface area (Å²) in [6.07, 6.45) is 4.19. The number of hydrogen-bond donors (Lipinski definition) is 0. The molecule has 1 saturated heterocycles. The Balaban J connectivity index is 1.69. The summed E-state index contributed by atoms with van der Waals surface area (Å²) < 4.78 is 16.5. The maximum Gasteiger partial charge on any atom is 0.123 e. The molecule has 0 saturated carbocycles. The van der Waals surface area contributed by atoms with E-state index in [1.807, 2.05) is 18.3 Å². The molecule has 2 aromatic heterocycles. The van der Waals surface area contributed by atoms with Gasteiger partial charge in [-0.2, -0.15) is 0 Å². The van der Waals surface area contributed by atoms with Crippen LogP contribution >= 0.6 is 0 Å². The van der Waals surface area contributed by atoms with Gasteiger partial charge >= 0.3 is 0 Å². The number of aromatic nitrogens is 2. The fraction of sp³-hybridized carbons (Fsp3) is 0.261. The molecule has 0 unspecified atom stereocenters. The quantitative estimate of drug-likeness (QED) is 0.477. The Kier molecular flexibility index (Phi) is 3.20. The van der Waals surface area contributed by atoms with Gasteiger partial charge in [-0.3, -0.25) is 9.88 Å². The molecule has 1 fully saturated rings. The molecule has 134 valence electrons. The van der Waals surface area contributed by atoms with Crippen molar-refractivity contribution in [1.29, 1.82) is 0 Å². The van der Waals surface area contributed by atoms with Gasteiger partial charge in [0.2, 0.25) is 0 Å². The molecule has 3 aliphatic rings. The summed E-state index contributed by atoms with van der Waals surface area (Å²) in [6.45, 7) is 3.19. The zero-order chi connectivity index (χ0) is 18.0. The van der Waals surface area contributed by atoms with E-state index in [2.05, 4.69) is 38.7 Å². The molecule has 5 heterocycles. The van der Waals surface area contributed by atoms with Crippen LogP contribution in [0, 0.1) is 5.82 Å². The molecule has 0 aliphatic carbocycles. The summed E-state index contributed by atoms with van der Waals surface area (Å²) >= 11 is 0. The smallest absolute Gasteiger partial charge is 0.123 e. The van der Waals surface area contributed by atoms with E-state index >= 15 is 0 Å². The summed E-state index contributed by atoms with van der Waals surface area (Å²) in [5, 5.41) is 2.20. The highest BCUT2D eigenvalue weighted by Gasteiger charge is 2.33. The molecule has 0 N–H and O–H groups in total. The molecular formula is C23H20FN3. The monoisotopic (exact) mass is 357 g/mol. The number of pyridine rings is 1. The van der Waals surface area contributed by atoms with Gasteiger partial charge in [-0.15, -0.1) is 0 Å². The average Bonchev–Trinajstić information content (AvgIpc) is 2.82. The first-order chi connectivity index (χ1) is 13.3. The van der Waals surface area contributed by atoms with Crippen LogP contribution in [0.4, 0.5) is 4.39 Å². The van der Waals surface area contributed by atoms with Gasteiger partial charge in [-0.05, 0) is 67.9 Å². The Morgan fingerprint density at radius 3 is 2.78 bits per heavy atom. The Morgan fingerprint density at radius 1 is 1.00 bits per heavy atom. The molecule has 2 bridgehead atoms. The number of nitrogens with zero attached hydrogens (tertiary/aromatic N) is 3. The topological polar surface area (TPSA) is 21.1 Å². The van der Waals surface area contributed by atoms with Gasteiger partial charge in [0, 0.05) is 40.8 Å². The second-order valence-corrected chi connectivity index (χ2v) is 7.79. The molecule has 0 radical (unpaired) electrons. The van der Waals surface area contributed by atoms with Crippen LogP contribution in [0.5, 0.6) is 0 Å². The van der Waals surface area contributed by atoms with Crippen LogP contribution in [-0.2, 0) is 6.54 Å². The fourth-order valence-corrected chi connectivity index (χ4v) is 5.00. The Bertz CT molecular complexity index is 1190. The number of piperidine rings is 1. The minimum atomic E-state index is -0.158. The third-order valence-electron chi connectivity index (χ3n) is 6.28. The van der Waals surface area contributed by atoms with Gasteiger partial charge in [-0.25, -0.2) is 4.39 Å². The van der Waals surface area contributed by atoms with Crippen LogP contribution in [0.3, 0.4) is 0 Å². The van der Waals surface area contributed by atoms with Crippen molar-refractivity contribution in [3.63, 3.8) is 0 Å².